The van der Waals surface area contributed by atoms with E-state index in [1.54, 1.807) is 12.1 Å². The van der Waals surface area contributed by atoms with Gasteiger partial charge in [-0.25, -0.2) is 0 Å². The molecule has 4 nitrogen and oxygen atoms in total. The minimum Gasteiger partial charge on any atom is -0.396 e. The lowest BCUT2D eigenvalue weighted by Crippen LogP contribution is -2.21. The highest BCUT2D eigenvalue weighted by molar-refractivity contribution is 5.94. The van der Waals surface area contributed by atoms with Crippen molar-refractivity contribution in [2.24, 2.45) is 5.92 Å². The quantitative estimate of drug-likeness (QED) is 0.807. The molecule has 0 bridgehead atoms. The van der Waals surface area contributed by atoms with Gasteiger partial charge in [-0.05, 0) is 30.5 Å². The van der Waals surface area contributed by atoms with Crippen molar-refractivity contribution >= 4 is 11.6 Å². The van der Waals surface area contributed by atoms with Gasteiger partial charge >= 0.3 is 0 Å². The molecule has 1 amide bonds. The number of hydrogen-bond acceptors (Lipinski definition) is 3. The zero-order valence-corrected chi connectivity index (χ0v) is 10.5. The van der Waals surface area contributed by atoms with Gasteiger partial charge in [0.05, 0.1) is 6.07 Å². The summed E-state index contributed by atoms with van der Waals surface area (Å²) in [5.74, 6) is -0.846. The third kappa shape index (κ3) is 4.19. The van der Waals surface area contributed by atoms with Gasteiger partial charge in [-0.2, -0.15) is 5.26 Å². The molecule has 1 rings (SSSR count). The number of carbonyl (C=O) groups is 1. The Hall–Kier alpha value is -1.86. The molecule has 18 heavy (non-hydrogen) atoms. The van der Waals surface area contributed by atoms with Crippen LogP contribution in [0.3, 0.4) is 0 Å². The highest BCUT2D eigenvalue weighted by atomic mass is 16.2. The van der Waals surface area contributed by atoms with Crippen LogP contribution in [0.2, 0.25) is 0 Å². The maximum absolute atomic E-state index is 11.8. The van der Waals surface area contributed by atoms with E-state index in [4.69, 9.17) is 10.4 Å². The van der Waals surface area contributed by atoms with Crippen molar-refractivity contribution in [1.82, 2.24) is 0 Å². The Labute approximate surface area is 107 Å². The fraction of sp³-hybridized carbons (Fsp3) is 0.429. The first-order valence-electron chi connectivity index (χ1n) is 6.11. The fourth-order valence-corrected chi connectivity index (χ4v) is 1.66. The Morgan fingerprint density at radius 3 is 2.61 bits per heavy atom. The van der Waals surface area contributed by atoms with E-state index in [0.717, 1.165) is 12.0 Å². The van der Waals surface area contributed by atoms with Crippen LogP contribution in [0, 0.1) is 17.2 Å². The molecule has 2 N–H and O–H groups in total. The van der Waals surface area contributed by atoms with Crippen molar-refractivity contribution in [3.63, 3.8) is 0 Å². The highest BCUT2D eigenvalue weighted by Gasteiger charge is 2.16. The lowest BCUT2D eigenvalue weighted by Gasteiger charge is -2.09. The molecule has 0 aliphatic rings. The van der Waals surface area contributed by atoms with E-state index in [-0.39, 0.29) is 12.5 Å². The van der Waals surface area contributed by atoms with Crippen molar-refractivity contribution in [3.8, 4) is 6.07 Å². The number of nitriles is 1. The van der Waals surface area contributed by atoms with Crippen molar-refractivity contribution in [2.75, 3.05) is 11.9 Å². The molecule has 0 radical (unpaired) electrons. The molecule has 0 aliphatic carbocycles. The maximum Gasteiger partial charge on any atom is 0.241 e. The van der Waals surface area contributed by atoms with Crippen LogP contribution in [-0.2, 0) is 11.2 Å². The average molecular weight is 246 g/mol. The maximum atomic E-state index is 11.8. The number of benzene rings is 1. The highest BCUT2D eigenvalue weighted by Crippen LogP contribution is 2.13. The van der Waals surface area contributed by atoms with Crippen LogP contribution < -0.4 is 5.32 Å². The second-order valence-electron chi connectivity index (χ2n) is 4.13. The van der Waals surface area contributed by atoms with Crippen LogP contribution in [0.4, 0.5) is 5.69 Å². The van der Waals surface area contributed by atoms with E-state index < -0.39 is 5.92 Å². The van der Waals surface area contributed by atoms with Crippen molar-refractivity contribution in [1.29, 1.82) is 5.26 Å². The van der Waals surface area contributed by atoms with Crippen LogP contribution in [0.1, 0.15) is 25.3 Å². The Bertz CT molecular complexity index is 420. The third-order valence-electron chi connectivity index (χ3n) is 2.67. The van der Waals surface area contributed by atoms with Gasteiger partial charge in [0.2, 0.25) is 5.91 Å². The van der Waals surface area contributed by atoms with Crippen LogP contribution in [0.5, 0.6) is 0 Å². The Balaban J connectivity index is 2.61. The van der Waals surface area contributed by atoms with E-state index in [2.05, 4.69) is 5.32 Å². The molecule has 0 heterocycles. The van der Waals surface area contributed by atoms with Crippen LogP contribution in [-0.4, -0.2) is 17.6 Å². The monoisotopic (exact) mass is 246 g/mol. The minimum absolute atomic E-state index is 0.110. The Morgan fingerprint density at radius 2 is 2.11 bits per heavy atom. The van der Waals surface area contributed by atoms with E-state index in [1.165, 1.54) is 0 Å². The number of rotatable bonds is 6. The van der Waals surface area contributed by atoms with Crippen LogP contribution in [0.25, 0.3) is 0 Å². The summed E-state index contributed by atoms with van der Waals surface area (Å²) < 4.78 is 0. The minimum atomic E-state index is -0.591. The largest absolute Gasteiger partial charge is 0.396 e. The molecule has 0 aromatic heterocycles. The number of carbonyl (C=O) groups excluding carboxylic acids is 1. The summed E-state index contributed by atoms with van der Waals surface area (Å²) >= 11 is 0. The third-order valence-corrected chi connectivity index (χ3v) is 2.67. The molecule has 0 saturated carbocycles. The number of aliphatic hydroxyl groups excluding tert-OH is 1. The smallest absolute Gasteiger partial charge is 0.241 e. The molecule has 0 aliphatic heterocycles. The summed E-state index contributed by atoms with van der Waals surface area (Å²) in [6, 6.07) is 9.28. The molecule has 96 valence electrons. The number of nitrogens with one attached hydrogen (secondary N) is 1. The van der Waals surface area contributed by atoms with Crippen molar-refractivity contribution < 1.29 is 9.90 Å². The lowest BCUT2D eigenvalue weighted by atomic mass is 10.0. The van der Waals surface area contributed by atoms with Gasteiger partial charge in [-0.15, -0.1) is 0 Å². The molecule has 0 fully saturated rings. The molecule has 1 aromatic rings. The normalized spacial score (nSPS) is 11.6. The number of nitrogens with zero attached hydrogens (tertiary/aromatic N) is 1. The van der Waals surface area contributed by atoms with E-state index in [0.29, 0.717) is 18.5 Å². The van der Waals surface area contributed by atoms with Crippen molar-refractivity contribution in [3.05, 3.63) is 29.8 Å². The summed E-state index contributed by atoms with van der Waals surface area (Å²) in [6.45, 7) is 2.06. The van der Waals surface area contributed by atoms with E-state index >= 15 is 0 Å². The molecule has 0 spiro atoms. The first kappa shape index (κ1) is 14.2. The van der Waals surface area contributed by atoms with Gasteiger partial charge in [0, 0.05) is 12.3 Å². The molecule has 1 aromatic carbocycles. The molecular weight excluding hydrogens is 228 g/mol. The summed E-state index contributed by atoms with van der Waals surface area (Å²) in [4.78, 5) is 11.8. The van der Waals surface area contributed by atoms with Gasteiger partial charge in [0.15, 0.2) is 0 Å². The Kier molecular flexibility index (Phi) is 5.89. The number of hydrogen-bond donors (Lipinski definition) is 2. The predicted molar refractivity (Wildman–Crippen MR) is 69.9 cm³/mol. The van der Waals surface area contributed by atoms with Crippen molar-refractivity contribution in [2.45, 2.75) is 26.2 Å². The molecular formula is C14H18N2O2. The summed E-state index contributed by atoms with van der Waals surface area (Å²) in [5.41, 5.74) is 1.69. The second-order valence-corrected chi connectivity index (χ2v) is 4.13. The van der Waals surface area contributed by atoms with Gasteiger partial charge in [-0.3, -0.25) is 4.79 Å². The van der Waals surface area contributed by atoms with Crippen LogP contribution >= 0.6 is 0 Å². The molecule has 1 atom stereocenters. The topological polar surface area (TPSA) is 73.1 Å². The zero-order valence-electron chi connectivity index (χ0n) is 10.5. The number of anilines is 1. The molecule has 1 unspecified atom stereocenters. The lowest BCUT2D eigenvalue weighted by molar-refractivity contribution is -0.118. The second kappa shape index (κ2) is 7.46. The summed E-state index contributed by atoms with van der Waals surface area (Å²) in [5, 5.41) is 20.4. The molecule has 0 saturated heterocycles. The van der Waals surface area contributed by atoms with E-state index in [9.17, 15) is 4.79 Å². The van der Waals surface area contributed by atoms with Gasteiger partial charge < -0.3 is 10.4 Å². The van der Waals surface area contributed by atoms with Gasteiger partial charge in [0.25, 0.3) is 0 Å². The molecule has 4 heteroatoms. The van der Waals surface area contributed by atoms with E-state index in [1.807, 2.05) is 25.1 Å². The predicted octanol–water partition coefficient (Wildman–Crippen LogP) is 2.10. The first-order chi connectivity index (χ1) is 8.71. The number of amides is 1. The average Bonchev–Trinajstić information content (AvgIpc) is 2.38. The SMILES string of the molecule is CCCC(C#N)C(=O)Nc1ccc(CCO)cc1. The van der Waals surface area contributed by atoms with Gasteiger partial charge in [0.1, 0.15) is 5.92 Å². The first-order valence-corrected chi connectivity index (χ1v) is 6.11. The van der Waals surface area contributed by atoms with Gasteiger partial charge in [-0.1, -0.05) is 25.5 Å². The summed E-state index contributed by atoms with van der Waals surface area (Å²) in [7, 11) is 0. The zero-order chi connectivity index (χ0) is 13.4. The Morgan fingerprint density at radius 1 is 1.44 bits per heavy atom. The number of aliphatic hydroxyl groups is 1. The standard InChI is InChI=1S/C14H18N2O2/c1-2-3-12(10-15)14(18)16-13-6-4-11(5-7-13)8-9-17/h4-7,12,17H,2-3,8-9H2,1H3,(H,16,18). The fourth-order valence-electron chi connectivity index (χ4n) is 1.66. The van der Waals surface area contributed by atoms with Crippen LogP contribution in [0.15, 0.2) is 24.3 Å². The summed E-state index contributed by atoms with van der Waals surface area (Å²) in [6.07, 6.45) is 1.98.